The van der Waals surface area contributed by atoms with E-state index in [4.69, 9.17) is 4.74 Å². The molecule has 2 N–H and O–H groups in total. The van der Waals surface area contributed by atoms with Crippen LogP contribution in [0.4, 0.5) is 5.69 Å². The molecule has 1 saturated heterocycles. The number of benzene rings is 3. The summed E-state index contributed by atoms with van der Waals surface area (Å²) in [5, 5.41) is 2.92. The van der Waals surface area contributed by atoms with Gasteiger partial charge < -0.3 is 10.1 Å². The van der Waals surface area contributed by atoms with Crippen LogP contribution in [-0.2, 0) is 27.8 Å². The third-order valence-corrected chi connectivity index (χ3v) is 7.59. The Kier molecular flexibility index (Phi) is 7.85. The van der Waals surface area contributed by atoms with Crippen LogP contribution in [0, 0.1) is 13.8 Å². The molecule has 1 aliphatic heterocycles. The fourth-order valence-corrected chi connectivity index (χ4v) is 5.46. The van der Waals surface area contributed by atoms with Gasteiger partial charge in [0.25, 0.3) is 15.9 Å². The topological polar surface area (TPSA) is 87.7 Å². The molecule has 1 amide bonds. The number of hydrogen-bond donors (Lipinski definition) is 2. The van der Waals surface area contributed by atoms with Crippen LogP contribution >= 0.6 is 0 Å². The highest BCUT2D eigenvalue weighted by Gasteiger charge is 2.20. The third-order valence-electron chi connectivity index (χ3n) is 6.08. The fourth-order valence-electron chi connectivity index (χ4n) is 4.06. The summed E-state index contributed by atoms with van der Waals surface area (Å²) in [6.45, 7) is 8.09. The van der Waals surface area contributed by atoms with Crippen molar-refractivity contribution in [2.45, 2.75) is 31.8 Å². The lowest BCUT2D eigenvalue weighted by Gasteiger charge is -2.26. The SMILES string of the molecule is Cc1ccccc1NS(=O)(=O)c1cc(C(=O)NCc2cccc(CN3CCOCC3)c2)ccc1C. The lowest BCUT2D eigenvalue weighted by atomic mass is 10.1. The second kappa shape index (κ2) is 11.0. The predicted octanol–water partition coefficient (Wildman–Crippen LogP) is 3.87. The number of anilines is 1. The summed E-state index contributed by atoms with van der Waals surface area (Å²) in [4.78, 5) is 15.3. The first kappa shape index (κ1) is 24.9. The minimum Gasteiger partial charge on any atom is -0.379 e. The molecule has 0 radical (unpaired) electrons. The maximum atomic E-state index is 13.1. The zero-order valence-corrected chi connectivity index (χ0v) is 20.9. The van der Waals surface area contributed by atoms with Crippen molar-refractivity contribution >= 4 is 21.6 Å². The molecule has 1 fully saturated rings. The van der Waals surface area contributed by atoms with Crippen LogP contribution in [0.5, 0.6) is 0 Å². The van der Waals surface area contributed by atoms with Crippen LogP contribution in [-0.4, -0.2) is 45.5 Å². The minimum atomic E-state index is -3.85. The summed E-state index contributed by atoms with van der Waals surface area (Å²) in [5.74, 6) is -0.323. The molecule has 1 aliphatic rings. The smallest absolute Gasteiger partial charge is 0.262 e. The number of rotatable bonds is 8. The van der Waals surface area contributed by atoms with E-state index < -0.39 is 10.0 Å². The van der Waals surface area contributed by atoms with Crippen LogP contribution in [0.15, 0.2) is 71.6 Å². The largest absolute Gasteiger partial charge is 0.379 e. The van der Waals surface area contributed by atoms with Gasteiger partial charge >= 0.3 is 0 Å². The van der Waals surface area contributed by atoms with E-state index in [2.05, 4.69) is 27.1 Å². The van der Waals surface area contributed by atoms with Gasteiger partial charge in [-0.25, -0.2) is 8.42 Å². The van der Waals surface area contributed by atoms with E-state index in [1.165, 1.54) is 11.6 Å². The first-order valence-corrected chi connectivity index (χ1v) is 13.2. The summed E-state index contributed by atoms with van der Waals surface area (Å²) >= 11 is 0. The summed E-state index contributed by atoms with van der Waals surface area (Å²) in [5.41, 5.74) is 4.37. The molecule has 0 unspecified atom stereocenters. The Morgan fingerprint density at radius 3 is 2.43 bits per heavy atom. The number of ether oxygens (including phenoxy) is 1. The van der Waals surface area contributed by atoms with Gasteiger partial charge in [0.15, 0.2) is 0 Å². The van der Waals surface area contributed by atoms with E-state index in [-0.39, 0.29) is 10.8 Å². The lowest BCUT2D eigenvalue weighted by Crippen LogP contribution is -2.35. The molecular weight excluding hydrogens is 462 g/mol. The van der Waals surface area contributed by atoms with Gasteiger partial charge in [0.2, 0.25) is 0 Å². The Hall–Kier alpha value is -3.20. The molecule has 0 atom stereocenters. The van der Waals surface area contributed by atoms with Crippen molar-refractivity contribution in [2.75, 3.05) is 31.0 Å². The van der Waals surface area contributed by atoms with E-state index in [1.54, 1.807) is 31.2 Å². The Morgan fingerprint density at radius 2 is 1.66 bits per heavy atom. The first-order chi connectivity index (χ1) is 16.8. The Labute approximate surface area is 207 Å². The highest BCUT2D eigenvalue weighted by atomic mass is 32.2. The zero-order chi connectivity index (χ0) is 24.8. The standard InChI is InChI=1S/C27H31N3O4S/c1-20-6-3-4-9-25(20)29-35(32,33)26-17-24(11-10-21(26)2)27(31)28-18-22-7-5-8-23(16-22)19-30-12-14-34-15-13-30/h3-11,16-17,29H,12-15,18-19H2,1-2H3,(H,28,31). The molecule has 1 heterocycles. The van der Waals surface area contributed by atoms with E-state index in [9.17, 15) is 13.2 Å². The highest BCUT2D eigenvalue weighted by Crippen LogP contribution is 2.23. The van der Waals surface area contributed by atoms with Gasteiger partial charge in [-0.1, -0.05) is 48.5 Å². The average molecular weight is 494 g/mol. The zero-order valence-electron chi connectivity index (χ0n) is 20.1. The summed E-state index contributed by atoms with van der Waals surface area (Å²) in [6, 6.07) is 20.0. The Bertz CT molecular complexity index is 1300. The van der Waals surface area contributed by atoms with Crippen LogP contribution in [0.3, 0.4) is 0 Å². The molecule has 7 nitrogen and oxygen atoms in total. The van der Waals surface area contributed by atoms with E-state index in [0.717, 1.165) is 44.0 Å². The molecule has 3 aromatic rings. The van der Waals surface area contributed by atoms with Gasteiger partial charge in [0.1, 0.15) is 0 Å². The number of sulfonamides is 1. The van der Waals surface area contributed by atoms with Crippen molar-refractivity contribution in [3.05, 3.63) is 94.5 Å². The normalized spacial score (nSPS) is 14.5. The minimum absolute atomic E-state index is 0.0842. The predicted molar refractivity (Wildman–Crippen MR) is 137 cm³/mol. The Morgan fingerprint density at radius 1 is 0.914 bits per heavy atom. The number of nitrogens with zero attached hydrogens (tertiary/aromatic N) is 1. The van der Waals surface area contributed by atoms with Crippen LogP contribution in [0.1, 0.15) is 32.6 Å². The molecule has 0 spiro atoms. The summed E-state index contributed by atoms with van der Waals surface area (Å²) in [6.07, 6.45) is 0. The number of amides is 1. The van der Waals surface area contributed by atoms with Crippen LogP contribution < -0.4 is 10.0 Å². The monoisotopic (exact) mass is 493 g/mol. The van der Waals surface area contributed by atoms with Crippen molar-refractivity contribution in [3.8, 4) is 0 Å². The van der Waals surface area contributed by atoms with Crippen molar-refractivity contribution < 1.29 is 17.9 Å². The number of aryl methyl sites for hydroxylation is 2. The van der Waals surface area contributed by atoms with Crippen LogP contribution in [0.25, 0.3) is 0 Å². The number of carbonyl (C=O) groups is 1. The molecule has 35 heavy (non-hydrogen) atoms. The molecule has 4 rings (SSSR count). The molecule has 3 aromatic carbocycles. The van der Waals surface area contributed by atoms with E-state index in [1.807, 2.05) is 31.2 Å². The molecule has 0 saturated carbocycles. The Balaban J connectivity index is 1.43. The van der Waals surface area contributed by atoms with Crippen molar-refractivity contribution in [2.24, 2.45) is 0 Å². The molecular formula is C27H31N3O4S. The number of morpholine rings is 1. The summed E-state index contributed by atoms with van der Waals surface area (Å²) < 4.78 is 34.2. The lowest BCUT2D eigenvalue weighted by molar-refractivity contribution is 0.0342. The number of nitrogens with one attached hydrogen (secondary N) is 2. The molecule has 8 heteroatoms. The van der Waals surface area contributed by atoms with Gasteiger partial charge in [-0.05, 0) is 54.3 Å². The number of carbonyl (C=O) groups excluding carboxylic acids is 1. The molecule has 0 aromatic heterocycles. The number of hydrogen-bond acceptors (Lipinski definition) is 5. The number of para-hydroxylation sites is 1. The van der Waals surface area contributed by atoms with Gasteiger partial charge in [0.05, 0.1) is 23.8 Å². The maximum absolute atomic E-state index is 13.1. The van der Waals surface area contributed by atoms with E-state index >= 15 is 0 Å². The second-order valence-corrected chi connectivity index (χ2v) is 10.4. The van der Waals surface area contributed by atoms with Crippen molar-refractivity contribution in [1.82, 2.24) is 10.2 Å². The van der Waals surface area contributed by atoms with Gasteiger partial charge in [0, 0.05) is 31.7 Å². The maximum Gasteiger partial charge on any atom is 0.262 e. The second-order valence-electron chi connectivity index (χ2n) is 8.79. The highest BCUT2D eigenvalue weighted by molar-refractivity contribution is 7.92. The van der Waals surface area contributed by atoms with Gasteiger partial charge in [-0.2, -0.15) is 0 Å². The first-order valence-electron chi connectivity index (χ1n) is 11.7. The quantitative estimate of drug-likeness (QED) is 0.498. The van der Waals surface area contributed by atoms with Crippen molar-refractivity contribution in [1.29, 1.82) is 0 Å². The molecule has 0 bridgehead atoms. The van der Waals surface area contributed by atoms with Crippen LogP contribution in [0.2, 0.25) is 0 Å². The molecule has 0 aliphatic carbocycles. The fraction of sp³-hybridized carbons (Fsp3) is 0.296. The van der Waals surface area contributed by atoms with Gasteiger partial charge in [-0.3, -0.25) is 14.4 Å². The average Bonchev–Trinajstić information content (AvgIpc) is 2.85. The summed E-state index contributed by atoms with van der Waals surface area (Å²) in [7, 11) is -3.85. The van der Waals surface area contributed by atoms with Crippen molar-refractivity contribution in [3.63, 3.8) is 0 Å². The third kappa shape index (κ3) is 6.48. The molecule has 184 valence electrons. The van der Waals surface area contributed by atoms with Gasteiger partial charge in [-0.15, -0.1) is 0 Å². The van der Waals surface area contributed by atoms with E-state index in [0.29, 0.717) is 23.4 Å².